The second-order valence-corrected chi connectivity index (χ2v) is 8.66. The summed E-state index contributed by atoms with van der Waals surface area (Å²) in [5.41, 5.74) is 4.53. The molecule has 0 amide bonds. The van der Waals surface area contributed by atoms with E-state index in [1.54, 1.807) is 24.3 Å². The van der Waals surface area contributed by atoms with E-state index >= 15 is 0 Å². The third kappa shape index (κ3) is 6.08. The first-order valence-corrected chi connectivity index (χ1v) is 11.8. The van der Waals surface area contributed by atoms with Crippen LogP contribution in [0.3, 0.4) is 0 Å². The Kier molecular flexibility index (Phi) is 7.70. The maximum Gasteiger partial charge on any atom is 0.159 e. The summed E-state index contributed by atoms with van der Waals surface area (Å²) < 4.78 is 41.3. The van der Waals surface area contributed by atoms with Gasteiger partial charge in [0.2, 0.25) is 0 Å². The van der Waals surface area contributed by atoms with E-state index in [0.717, 1.165) is 53.5 Å². The van der Waals surface area contributed by atoms with Crippen LogP contribution in [0.1, 0.15) is 54.0 Å². The molecule has 0 nitrogen and oxygen atoms in total. The van der Waals surface area contributed by atoms with Gasteiger partial charge in [0, 0.05) is 11.1 Å². The van der Waals surface area contributed by atoms with Crippen molar-refractivity contribution in [3.05, 3.63) is 118 Å². The van der Waals surface area contributed by atoms with Gasteiger partial charge in [0.15, 0.2) is 11.6 Å². The van der Waals surface area contributed by atoms with Crippen molar-refractivity contribution in [3.63, 3.8) is 0 Å². The second-order valence-electron chi connectivity index (χ2n) is 8.66. The smallest absolute Gasteiger partial charge is 0.159 e. The van der Waals surface area contributed by atoms with Gasteiger partial charge in [-0.1, -0.05) is 61.9 Å². The summed E-state index contributed by atoms with van der Waals surface area (Å²) in [6.45, 7) is 2.17. The van der Waals surface area contributed by atoms with E-state index < -0.39 is 11.6 Å². The maximum absolute atomic E-state index is 14.5. The van der Waals surface area contributed by atoms with E-state index in [1.807, 2.05) is 36.4 Å². The minimum Gasteiger partial charge on any atom is -0.207 e. The lowest BCUT2D eigenvalue weighted by atomic mass is 10.00. The predicted octanol–water partition coefficient (Wildman–Crippen LogP) is 8.17. The average molecular weight is 457 g/mol. The van der Waals surface area contributed by atoms with Gasteiger partial charge in [-0.15, -0.1) is 0 Å². The second kappa shape index (κ2) is 11.1. The molecule has 172 valence electrons. The zero-order chi connectivity index (χ0) is 23.9. The Morgan fingerprint density at radius 1 is 0.559 bits per heavy atom. The number of aryl methyl sites for hydroxylation is 3. The van der Waals surface area contributed by atoms with Crippen LogP contribution < -0.4 is 0 Å². The number of halogens is 3. The summed E-state index contributed by atoms with van der Waals surface area (Å²) >= 11 is 0. The Hall–Kier alpha value is -3.51. The van der Waals surface area contributed by atoms with E-state index in [1.165, 1.54) is 18.6 Å². The molecule has 0 spiro atoms. The van der Waals surface area contributed by atoms with Gasteiger partial charge in [0.05, 0.1) is 0 Å². The van der Waals surface area contributed by atoms with E-state index in [4.69, 9.17) is 0 Å². The van der Waals surface area contributed by atoms with E-state index in [-0.39, 0.29) is 5.82 Å². The highest BCUT2D eigenvalue weighted by Gasteiger charge is 2.06. The van der Waals surface area contributed by atoms with Gasteiger partial charge in [0.1, 0.15) is 5.82 Å². The fraction of sp³-hybridized carbons (Fsp3) is 0.226. The molecular formula is C31H27F3. The Labute approximate surface area is 199 Å². The van der Waals surface area contributed by atoms with E-state index in [0.29, 0.717) is 17.2 Å². The summed E-state index contributed by atoms with van der Waals surface area (Å²) in [5, 5.41) is 1.25. The first-order valence-electron chi connectivity index (χ1n) is 11.8. The van der Waals surface area contributed by atoms with Crippen molar-refractivity contribution in [2.75, 3.05) is 0 Å². The molecule has 0 aliphatic heterocycles. The van der Waals surface area contributed by atoms with Crippen LogP contribution in [-0.4, -0.2) is 0 Å². The van der Waals surface area contributed by atoms with Crippen LogP contribution in [0.15, 0.2) is 72.8 Å². The molecule has 0 N–H and O–H groups in total. The number of benzene rings is 4. The molecule has 0 saturated carbocycles. The molecule has 4 aromatic rings. The summed E-state index contributed by atoms with van der Waals surface area (Å²) in [6.07, 6.45) is 5.78. The number of hydrogen-bond acceptors (Lipinski definition) is 0. The summed E-state index contributed by atoms with van der Waals surface area (Å²) in [5.74, 6) is 4.36. The minimum absolute atomic E-state index is 0.116. The molecule has 0 aromatic heterocycles. The molecule has 0 radical (unpaired) electrons. The fourth-order valence-electron chi connectivity index (χ4n) is 4.03. The minimum atomic E-state index is -0.865. The monoisotopic (exact) mass is 456 g/mol. The van der Waals surface area contributed by atoms with Gasteiger partial charge < -0.3 is 0 Å². The van der Waals surface area contributed by atoms with Crippen LogP contribution in [0.25, 0.3) is 10.8 Å². The lowest BCUT2D eigenvalue weighted by Crippen LogP contribution is -1.97. The van der Waals surface area contributed by atoms with Crippen molar-refractivity contribution in [1.82, 2.24) is 0 Å². The molecule has 34 heavy (non-hydrogen) atoms. The number of rotatable bonds is 7. The van der Waals surface area contributed by atoms with Gasteiger partial charge in [-0.3, -0.25) is 0 Å². The van der Waals surface area contributed by atoms with Crippen molar-refractivity contribution in [1.29, 1.82) is 0 Å². The molecule has 0 unspecified atom stereocenters. The molecule has 0 saturated heterocycles. The largest absolute Gasteiger partial charge is 0.207 e. The van der Waals surface area contributed by atoms with Crippen LogP contribution in [0.2, 0.25) is 0 Å². The average Bonchev–Trinajstić information content (AvgIpc) is 2.84. The normalized spacial score (nSPS) is 10.8. The highest BCUT2D eigenvalue weighted by atomic mass is 19.2. The Morgan fingerprint density at radius 3 is 1.97 bits per heavy atom. The molecule has 0 heterocycles. The third-order valence-electron chi connectivity index (χ3n) is 6.05. The molecule has 0 aliphatic rings. The molecule has 4 rings (SSSR count). The zero-order valence-electron chi connectivity index (χ0n) is 19.3. The Morgan fingerprint density at radius 2 is 1.24 bits per heavy atom. The topological polar surface area (TPSA) is 0 Å². The van der Waals surface area contributed by atoms with Crippen molar-refractivity contribution < 1.29 is 13.2 Å². The third-order valence-corrected chi connectivity index (χ3v) is 6.05. The van der Waals surface area contributed by atoms with Crippen LogP contribution in [0, 0.1) is 29.3 Å². The molecule has 3 heteroatoms. The first-order chi connectivity index (χ1) is 16.5. The maximum atomic E-state index is 14.5. The Bertz CT molecular complexity index is 1340. The van der Waals surface area contributed by atoms with Crippen LogP contribution in [-0.2, 0) is 19.3 Å². The first kappa shape index (κ1) is 23.6. The van der Waals surface area contributed by atoms with Crippen LogP contribution in [0.5, 0.6) is 0 Å². The summed E-state index contributed by atoms with van der Waals surface area (Å²) in [6, 6.07) is 21.2. The van der Waals surface area contributed by atoms with Gasteiger partial charge >= 0.3 is 0 Å². The van der Waals surface area contributed by atoms with Gasteiger partial charge in [-0.2, -0.15) is 0 Å². The van der Waals surface area contributed by atoms with Crippen molar-refractivity contribution in [2.24, 2.45) is 0 Å². The van der Waals surface area contributed by atoms with Crippen LogP contribution in [0.4, 0.5) is 13.2 Å². The molecule has 0 fully saturated rings. The fourth-order valence-corrected chi connectivity index (χ4v) is 4.03. The standard InChI is InChI=1S/C31H27F3/c1-2-3-4-5-24-13-16-26(29(32)19-24)15-12-23-8-6-22(7-9-23)10-11-25-14-17-27-20-30(33)31(34)21-28(27)18-25/h6-9,13-14,16-21H,2-5,12,15H2,1H3. The van der Waals surface area contributed by atoms with Crippen molar-refractivity contribution in [3.8, 4) is 11.8 Å². The highest BCUT2D eigenvalue weighted by Crippen LogP contribution is 2.20. The quantitative estimate of drug-likeness (QED) is 0.194. The van der Waals surface area contributed by atoms with Gasteiger partial charge in [-0.05, 0) is 95.6 Å². The van der Waals surface area contributed by atoms with E-state index in [9.17, 15) is 13.2 Å². The molecule has 0 aliphatic carbocycles. The lowest BCUT2D eigenvalue weighted by molar-refractivity contribution is 0.511. The molecular weight excluding hydrogens is 429 g/mol. The Balaban J connectivity index is 1.37. The molecule has 0 bridgehead atoms. The van der Waals surface area contributed by atoms with Crippen molar-refractivity contribution >= 4 is 10.8 Å². The SMILES string of the molecule is CCCCCc1ccc(CCc2ccc(C#Cc3ccc4cc(F)c(F)cc4c3)cc2)c(F)c1. The van der Waals surface area contributed by atoms with Crippen molar-refractivity contribution in [2.45, 2.75) is 45.4 Å². The van der Waals surface area contributed by atoms with Gasteiger partial charge in [-0.25, -0.2) is 13.2 Å². The van der Waals surface area contributed by atoms with E-state index in [2.05, 4.69) is 18.8 Å². The lowest BCUT2D eigenvalue weighted by Gasteiger charge is -2.07. The van der Waals surface area contributed by atoms with Gasteiger partial charge in [0.25, 0.3) is 0 Å². The number of unbranched alkanes of at least 4 members (excludes halogenated alkanes) is 2. The predicted molar refractivity (Wildman–Crippen MR) is 133 cm³/mol. The summed E-state index contributed by atoms with van der Waals surface area (Å²) in [4.78, 5) is 0. The number of fused-ring (bicyclic) bond motifs is 1. The molecule has 4 aromatic carbocycles. The summed E-state index contributed by atoms with van der Waals surface area (Å²) in [7, 11) is 0. The highest BCUT2D eigenvalue weighted by molar-refractivity contribution is 5.84. The number of hydrogen-bond donors (Lipinski definition) is 0. The van der Waals surface area contributed by atoms with Crippen LogP contribution >= 0.6 is 0 Å². The zero-order valence-corrected chi connectivity index (χ0v) is 19.3. The molecule has 0 atom stereocenters.